The number of hydrogen-bond acceptors (Lipinski definition) is 5. The molecule has 3 aromatic carbocycles. The van der Waals surface area contributed by atoms with E-state index in [0.29, 0.717) is 11.3 Å². The van der Waals surface area contributed by atoms with Crippen LogP contribution >= 0.6 is 0 Å². The molecular weight excluding hydrogens is 536 g/mol. The molecule has 0 atom stereocenters. The van der Waals surface area contributed by atoms with Crippen LogP contribution in [0.2, 0.25) is 0 Å². The van der Waals surface area contributed by atoms with E-state index in [1.165, 1.54) is 40.2 Å². The first kappa shape index (κ1) is 29.2. The molecule has 4 heterocycles. The lowest BCUT2D eigenvalue weighted by Crippen LogP contribution is -2.40. The summed E-state index contributed by atoms with van der Waals surface area (Å²) in [5, 5.41) is 2.30. The molecule has 4 aliphatic rings. The highest BCUT2D eigenvalue weighted by Crippen LogP contribution is 2.49. The summed E-state index contributed by atoms with van der Waals surface area (Å²) in [6.07, 6.45) is 7.16. The molecule has 0 amide bonds. The lowest BCUT2D eigenvalue weighted by atomic mass is 9.82. The van der Waals surface area contributed by atoms with Crippen LogP contribution in [-0.2, 0) is 30.5 Å². The van der Waals surface area contributed by atoms with Gasteiger partial charge in [0, 0.05) is 70.7 Å². The number of carbonyl (C=O) groups is 2. The van der Waals surface area contributed by atoms with Gasteiger partial charge < -0.3 is 14.4 Å². The van der Waals surface area contributed by atoms with Crippen LogP contribution in [0.5, 0.6) is 17.2 Å². The molecule has 7 rings (SSSR count). The highest BCUT2D eigenvalue weighted by Gasteiger charge is 2.35. The van der Waals surface area contributed by atoms with Crippen LogP contribution < -0.4 is 29.5 Å². The van der Waals surface area contributed by atoms with E-state index in [4.69, 9.17) is 9.47 Å². The Morgan fingerprint density at radius 2 is 1.67 bits per heavy atom. The number of benzene rings is 3. The molecule has 6 nitrogen and oxygen atoms in total. The molecule has 0 fully saturated rings. The van der Waals surface area contributed by atoms with E-state index in [-0.39, 0.29) is 11.8 Å². The highest BCUT2D eigenvalue weighted by molar-refractivity contribution is 5.98. The van der Waals surface area contributed by atoms with E-state index in [9.17, 15) is 9.59 Å². The number of anilines is 1. The number of fused-ring (bicyclic) bond motifs is 5. The fourth-order valence-corrected chi connectivity index (χ4v) is 7.51. The fraction of sp³-hybridized carbons (Fsp3) is 0.432. The molecule has 0 spiro atoms. The number of aryl methyl sites for hydroxylation is 2. The minimum atomic E-state index is -0.382. The first-order valence-electron chi connectivity index (χ1n) is 16.1. The minimum Gasteiger partial charge on any atom is -0.455 e. The van der Waals surface area contributed by atoms with Crippen molar-refractivity contribution in [3.8, 4) is 17.2 Å². The SMILES string of the molecule is CC.CCc1cc2c(c3c1=[N+](C)CCC3)Oc1c(cc3c4c1CCCN4CCC3)C=2c1cc(C(C)=O)ccc1OC(C)=O. The summed E-state index contributed by atoms with van der Waals surface area (Å²) in [7, 11) is 2.18. The Hall–Kier alpha value is -3.93. The Morgan fingerprint density at radius 1 is 0.930 bits per heavy atom. The minimum absolute atomic E-state index is 0.0220. The largest absolute Gasteiger partial charge is 0.455 e. The average molecular weight is 580 g/mol. The summed E-state index contributed by atoms with van der Waals surface area (Å²) in [4.78, 5) is 27.4. The molecule has 0 aromatic heterocycles. The number of Topliss-reactive ketones (excluding diaryl/α,β-unsaturated/α-hetero) is 1. The van der Waals surface area contributed by atoms with Crippen molar-refractivity contribution in [2.75, 3.05) is 31.6 Å². The van der Waals surface area contributed by atoms with Crippen LogP contribution in [0.3, 0.4) is 0 Å². The van der Waals surface area contributed by atoms with Crippen molar-refractivity contribution in [3.63, 3.8) is 0 Å². The van der Waals surface area contributed by atoms with E-state index in [0.717, 1.165) is 98.0 Å². The molecule has 0 radical (unpaired) electrons. The average Bonchev–Trinajstić information content (AvgIpc) is 3.01. The van der Waals surface area contributed by atoms with Gasteiger partial charge in [0.1, 0.15) is 30.8 Å². The van der Waals surface area contributed by atoms with Crippen molar-refractivity contribution in [3.05, 3.63) is 79.9 Å². The third-order valence-corrected chi connectivity index (χ3v) is 9.23. The first-order chi connectivity index (χ1) is 20.9. The Morgan fingerprint density at radius 3 is 2.40 bits per heavy atom. The van der Waals surface area contributed by atoms with Gasteiger partial charge in [-0.25, -0.2) is 4.58 Å². The third kappa shape index (κ3) is 4.85. The van der Waals surface area contributed by atoms with Gasteiger partial charge in [0.15, 0.2) is 5.78 Å². The van der Waals surface area contributed by atoms with Crippen LogP contribution in [0.4, 0.5) is 5.69 Å². The summed E-state index contributed by atoms with van der Waals surface area (Å²) in [6.45, 7) is 12.4. The number of rotatable bonds is 4. The Labute approximate surface area is 254 Å². The van der Waals surface area contributed by atoms with Gasteiger partial charge in [-0.05, 0) is 81.3 Å². The topological polar surface area (TPSA) is 58.9 Å². The molecule has 0 saturated carbocycles. The maximum absolute atomic E-state index is 12.6. The molecule has 43 heavy (non-hydrogen) atoms. The van der Waals surface area contributed by atoms with Crippen LogP contribution in [0, 0.1) is 0 Å². The second-order valence-corrected chi connectivity index (χ2v) is 11.9. The summed E-state index contributed by atoms with van der Waals surface area (Å²) in [6, 6.07) is 10.0. The van der Waals surface area contributed by atoms with Crippen LogP contribution in [0.15, 0.2) is 30.3 Å². The second kappa shape index (κ2) is 11.6. The van der Waals surface area contributed by atoms with Crippen molar-refractivity contribution in [2.45, 2.75) is 79.6 Å². The number of ether oxygens (including phenoxy) is 2. The maximum Gasteiger partial charge on any atom is 0.308 e. The summed E-state index contributed by atoms with van der Waals surface area (Å²) < 4.78 is 15.3. The molecule has 0 aliphatic carbocycles. The number of hydrogen-bond donors (Lipinski definition) is 0. The van der Waals surface area contributed by atoms with Crippen molar-refractivity contribution in [2.24, 2.45) is 0 Å². The van der Waals surface area contributed by atoms with E-state index in [2.05, 4.69) is 35.6 Å². The highest BCUT2D eigenvalue weighted by atomic mass is 16.5. The molecule has 0 N–H and O–H groups in total. The van der Waals surface area contributed by atoms with Crippen molar-refractivity contribution >= 4 is 23.0 Å². The summed E-state index contributed by atoms with van der Waals surface area (Å²) >= 11 is 0. The fourth-order valence-electron chi connectivity index (χ4n) is 7.51. The Balaban J connectivity index is 0.00000161. The normalized spacial score (nSPS) is 16.1. The van der Waals surface area contributed by atoms with Crippen molar-refractivity contribution in [1.82, 2.24) is 4.58 Å². The standard InChI is InChI=1S/C35H37N2O4.C2H6/c1-5-22-17-28-31(27-18-23(20(2)38)12-13-30(27)40-21(3)39)29-19-24-9-6-15-37-16-8-11-26(33(24)37)35(29)41-34(28)25-10-7-14-36(4)32(22)25;1-2/h12-13,17-19H,5-11,14-16H2,1-4H3;1-2H3/q+1;. The van der Waals surface area contributed by atoms with Crippen molar-refractivity contribution < 1.29 is 19.1 Å². The maximum atomic E-state index is 12.6. The third-order valence-electron chi connectivity index (χ3n) is 9.23. The Kier molecular flexibility index (Phi) is 7.89. The van der Waals surface area contributed by atoms with Crippen molar-refractivity contribution in [1.29, 1.82) is 0 Å². The molecule has 0 bridgehead atoms. The smallest absolute Gasteiger partial charge is 0.308 e. The number of ketones is 1. The molecule has 4 aliphatic heterocycles. The van der Waals surface area contributed by atoms with E-state index < -0.39 is 0 Å². The molecule has 0 unspecified atom stereocenters. The van der Waals surface area contributed by atoms with Gasteiger partial charge in [-0.2, -0.15) is 0 Å². The number of carbonyl (C=O) groups excluding carboxylic acids is 2. The van der Waals surface area contributed by atoms with E-state index in [1.54, 1.807) is 19.1 Å². The summed E-state index contributed by atoms with van der Waals surface area (Å²) in [5.74, 6) is 1.91. The van der Waals surface area contributed by atoms with E-state index >= 15 is 0 Å². The second-order valence-electron chi connectivity index (χ2n) is 11.9. The zero-order chi connectivity index (χ0) is 30.4. The van der Waals surface area contributed by atoms with Crippen LogP contribution in [0.25, 0.3) is 5.57 Å². The predicted octanol–water partition coefficient (Wildman–Crippen LogP) is 5.52. The van der Waals surface area contributed by atoms with Gasteiger partial charge in [0.25, 0.3) is 0 Å². The zero-order valence-electron chi connectivity index (χ0n) is 26.5. The van der Waals surface area contributed by atoms with Gasteiger partial charge in [-0.15, -0.1) is 0 Å². The molecule has 6 heteroatoms. The van der Waals surface area contributed by atoms with Crippen LogP contribution in [-0.4, -0.2) is 38.4 Å². The first-order valence-corrected chi connectivity index (χ1v) is 16.1. The number of nitrogens with zero attached hydrogens (tertiary/aromatic N) is 2. The van der Waals surface area contributed by atoms with Crippen LogP contribution in [0.1, 0.15) is 97.6 Å². The number of esters is 1. The van der Waals surface area contributed by atoms with E-state index in [1.807, 2.05) is 19.9 Å². The molecule has 0 saturated heterocycles. The molecular formula is C37H43N2O4+. The lowest BCUT2D eigenvalue weighted by Gasteiger charge is -2.39. The van der Waals surface area contributed by atoms with Gasteiger partial charge in [-0.1, -0.05) is 20.8 Å². The Bertz CT molecular complexity index is 1780. The van der Waals surface area contributed by atoms with Gasteiger partial charge in [0.2, 0.25) is 5.36 Å². The zero-order valence-corrected chi connectivity index (χ0v) is 26.5. The monoisotopic (exact) mass is 579 g/mol. The lowest BCUT2D eigenvalue weighted by molar-refractivity contribution is -0.131. The molecule has 224 valence electrons. The summed E-state index contributed by atoms with van der Waals surface area (Å²) in [5.41, 5.74) is 9.94. The molecule has 3 aromatic rings. The quantitative estimate of drug-likeness (QED) is 0.138. The van der Waals surface area contributed by atoms with Gasteiger partial charge >= 0.3 is 5.97 Å². The van der Waals surface area contributed by atoms with Gasteiger partial charge in [-0.3, -0.25) is 9.59 Å². The predicted molar refractivity (Wildman–Crippen MR) is 172 cm³/mol. The van der Waals surface area contributed by atoms with Gasteiger partial charge in [0.05, 0.1) is 5.56 Å².